The van der Waals surface area contributed by atoms with Crippen molar-refractivity contribution >= 4 is 15.9 Å². The third-order valence-corrected chi connectivity index (χ3v) is 4.74. The molecule has 96 valence electrons. The van der Waals surface area contributed by atoms with Crippen LogP contribution in [0, 0.1) is 18.8 Å². The number of rotatable bonds is 5. The molecule has 1 aromatic heterocycles. The summed E-state index contributed by atoms with van der Waals surface area (Å²) in [4.78, 5) is 0. The molecular weight excluding hydrogens is 284 g/mol. The molecule has 0 bridgehead atoms. The summed E-state index contributed by atoms with van der Waals surface area (Å²) >= 11 is 3.52. The maximum atomic E-state index is 9.08. The molecule has 1 heterocycles. The molecule has 1 aromatic rings. The monoisotopic (exact) mass is 302 g/mol. The number of hydrogen-bond donors (Lipinski definition) is 1. The van der Waals surface area contributed by atoms with Gasteiger partial charge in [0.15, 0.2) is 0 Å². The van der Waals surface area contributed by atoms with Crippen molar-refractivity contribution in [1.82, 2.24) is 9.78 Å². The summed E-state index contributed by atoms with van der Waals surface area (Å²) in [5.74, 6) is 0.979. The van der Waals surface area contributed by atoms with E-state index in [4.69, 9.17) is 9.84 Å². The number of ether oxygens (including phenoxy) is 1. The Morgan fingerprint density at radius 3 is 2.65 bits per heavy atom. The van der Waals surface area contributed by atoms with Crippen LogP contribution in [0.25, 0.3) is 0 Å². The van der Waals surface area contributed by atoms with E-state index in [-0.39, 0.29) is 0 Å². The van der Waals surface area contributed by atoms with Crippen molar-refractivity contribution in [2.45, 2.75) is 26.4 Å². The average molecular weight is 303 g/mol. The summed E-state index contributed by atoms with van der Waals surface area (Å²) < 4.78 is 8.57. The lowest BCUT2D eigenvalue weighted by Gasteiger charge is -2.34. The average Bonchev–Trinajstić information content (AvgIpc) is 2.51. The summed E-state index contributed by atoms with van der Waals surface area (Å²) in [6.07, 6.45) is 2.31. The first-order valence-electron chi connectivity index (χ1n) is 6.00. The second-order valence-corrected chi connectivity index (χ2v) is 5.56. The number of aliphatic hydroxyl groups is 1. The summed E-state index contributed by atoms with van der Waals surface area (Å²) in [5.41, 5.74) is 2.06. The molecule has 1 fully saturated rings. The smallest absolute Gasteiger partial charge is 0.103 e. The van der Waals surface area contributed by atoms with Crippen molar-refractivity contribution in [3.63, 3.8) is 0 Å². The van der Waals surface area contributed by atoms with Crippen LogP contribution in [0.2, 0.25) is 0 Å². The molecule has 4 nitrogen and oxygen atoms in total. The first-order valence-corrected chi connectivity index (χ1v) is 6.79. The summed E-state index contributed by atoms with van der Waals surface area (Å²) in [6.45, 7) is 3.58. The molecule has 2 unspecified atom stereocenters. The van der Waals surface area contributed by atoms with Gasteiger partial charge in [0.1, 0.15) is 5.69 Å². The lowest BCUT2D eigenvalue weighted by molar-refractivity contribution is 0.000396. The quantitative estimate of drug-likeness (QED) is 0.905. The molecule has 1 aliphatic rings. The van der Waals surface area contributed by atoms with E-state index in [2.05, 4.69) is 21.0 Å². The van der Waals surface area contributed by atoms with Crippen molar-refractivity contribution in [2.75, 3.05) is 13.2 Å². The normalized spacial score (nSPS) is 23.8. The Morgan fingerprint density at radius 2 is 2.18 bits per heavy atom. The van der Waals surface area contributed by atoms with Crippen LogP contribution in [0.5, 0.6) is 0 Å². The van der Waals surface area contributed by atoms with E-state index < -0.39 is 0 Å². The van der Waals surface area contributed by atoms with Gasteiger partial charge < -0.3 is 9.84 Å². The Labute approximate surface area is 110 Å². The van der Waals surface area contributed by atoms with Gasteiger partial charge in [-0.1, -0.05) is 0 Å². The van der Waals surface area contributed by atoms with E-state index in [1.807, 2.05) is 18.7 Å². The third kappa shape index (κ3) is 2.72. The summed E-state index contributed by atoms with van der Waals surface area (Å²) in [7, 11) is 1.93. The first kappa shape index (κ1) is 13.1. The fourth-order valence-electron chi connectivity index (χ4n) is 2.15. The van der Waals surface area contributed by atoms with Gasteiger partial charge in [-0.25, -0.2) is 0 Å². The third-order valence-electron chi connectivity index (χ3n) is 3.71. The van der Waals surface area contributed by atoms with Gasteiger partial charge in [0.25, 0.3) is 0 Å². The van der Waals surface area contributed by atoms with Crippen LogP contribution in [-0.2, 0) is 18.4 Å². The Kier molecular flexibility index (Phi) is 4.22. The standard InChI is InChI=1S/C12H19BrN2O2/c1-8-12(13)11(14-15(8)2)7-17-6-10-4-3-9(10)5-16/h9-10,16H,3-7H2,1-2H3. The van der Waals surface area contributed by atoms with E-state index in [0.717, 1.165) is 28.9 Å². The lowest BCUT2D eigenvalue weighted by atomic mass is 9.75. The molecule has 1 N–H and O–H groups in total. The zero-order valence-electron chi connectivity index (χ0n) is 10.3. The van der Waals surface area contributed by atoms with Gasteiger partial charge in [0.2, 0.25) is 0 Å². The van der Waals surface area contributed by atoms with Crippen LogP contribution < -0.4 is 0 Å². The highest BCUT2D eigenvalue weighted by atomic mass is 79.9. The number of aromatic nitrogens is 2. The molecule has 0 aliphatic heterocycles. The minimum atomic E-state index is 0.292. The SMILES string of the molecule is Cc1c(Br)c(COCC2CCC2CO)nn1C. The first-order chi connectivity index (χ1) is 8.13. The molecule has 1 aliphatic carbocycles. The fraction of sp³-hybridized carbons (Fsp3) is 0.750. The maximum Gasteiger partial charge on any atom is 0.103 e. The van der Waals surface area contributed by atoms with Gasteiger partial charge in [0, 0.05) is 19.3 Å². The van der Waals surface area contributed by atoms with Crippen molar-refractivity contribution in [1.29, 1.82) is 0 Å². The second-order valence-electron chi connectivity index (χ2n) is 4.76. The predicted molar refractivity (Wildman–Crippen MR) is 68.6 cm³/mol. The zero-order chi connectivity index (χ0) is 12.4. The fourth-order valence-corrected chi connectivity index (χ4v) is 2.60. The second kappa shape index (κ2) is 5.50. The molecule has 1 saturated carbocycles. The molecule has 0 saturated heterocycles. The van der Waals surface area contributed by atoms with Gasteiger partial charge in [-0.3, -0.25) is 4.68 Å². The molecule has 5 heteroatoms. The molecule has 2 rings (SSSR count). The number of aryl methyl sites for hydroxylation is 1. The van der Waals surface area contributed by atoms with Crippen LogP contribution >= 0.6 is 15.9 Å². The largest absolute Gasteiger partial charge is 0.396 e. The van der Waals surface area contributed by atoms with Crippen LogP contribution in [0.3, 0.4) is 0 Å². The highest BCUT2D eigenvalue weighted by Crippen LogP contribution is 2.34. The number of aliphatic hydroxyl groups excluding tert-OH is 1. The predicted octanol–water partition coefficient (Wildman–Crippen LogP) is 2.03. The Balaban J connectivity index is 1.80. The maximum absolute atomic E-state index is 9.08. The van der Waals surface area contributed by atoms with Crippen LogP contribution in [0.4, 0.5) is 0 Å². The van der Waals surface area contributed by atoms with Crippen LogP contribution in [0.1, 0.15) is 24.2 Å². The van der Waals surface area contributed by atoms with E-state index in [9.17, 15) is 0 Å². The van der Waals surface area contributed by atoms with E-state index in [0.29, 0.717) is 25.0 Å². The summed E-state index contributed by atoms with van der Waals surface area (Å²) in [6, 6.07) is 0. The Morgan fingerprint density at radius 1 is 1.47 bits per heavy atom. The van der Waals surface area contributed by atoms with Crippen LogP contribution in [0.15, 0.2) is 4.47 Å². The Hall–Kier alpha value is -0.390. The van der Waals surface area contributed by atoms with Crippen LogP contribution in [-0.4, -0.2) is 28.1 Å². The number of halogens is 1. The minimum Gasteiger partial charge on any atom is -0.396 e. The molecule has 2 atom stereocenters. The van der Waals surface area contributed by atoms with Crippen molar-refractivity contribution < 1.29 is 9.84 Å². The lowest BCUT2D eigenvalue weighted by Crippen LogP contribution is -2.32. The van der Waals surface area contributed by atoms with E-state index in [1.165, 1.54) is 6.42 Å². The van der Waals surface area contributed by atoms with E-state index in [1.54, 1.807) is 0 Å². The molecule has 0 radical (unpaired) electrons. The Bertz CT molecular complexity index is 390. The van der Waals surface area contributed by atoms with Gasteiger partial charge in [0.05, 0.1) is 17.7 Å². The van der Waals surface area contributed by atoms with Crippen molar-refractivity contribution in [3.8, 4) is 0 Å². The molecule has 0 spiro atoms. The van der Waals surface area contributed by atoms with Crippen molar-refractivity contribution in [2.24, 2.45) is 18.9 Å². The van der Waals surface area contributed by atoms with Gasteiger partial charge >= 0.3 is 0 Å². The molecule has 17 heavy (non-hydrogen) atoms. The number of nitrogens with zero attached hydrogens (tertiary/aromatic N) is 2. The number of hydrogen-bond acceptors (Lipinski definition) is 3. The van der Waals surface area contributed by atoms with E-state index >= 15 is 0 Å². The van der Waals surface area contributed by atoms with Gasteiger partial charge in [-0.15, -0.1) is 0 Å². The highest BCUT2D eigenvalue weighted by molar-refractivity contribution is 9.10. The molecular formula is C12H19BrN2O2. The topological polar surface area (TPSA) is 47.3 Å². The van der Waals surface area contributed by atoms with Crippen molar-refractivity contribution in [3.05, 3.63) is 15.9 Å². The highest BCUT2D eigenvalue weighted by Gasteiger charge is 2.30. The zero-order valence-corrected chi connectivity index (χ0v) is 11.9. The van der Waals surface area contributed by atoms with Gasteiger partial charge in [-0.05, 0) is 47.5 Å². The minimum absolute atomic E-state index is 0.292. The summed E-state index contributed by atoms with van der Waals surface area (Å²) in [5, 5.41) is 13.5. The van der Waals surface area contributed by atoms with Gasteiger partial charge in [-0.2, -0.15) is 5.10 Å². The molecule has 0 aromatic carbocycles. The molecule has 0 amide bonds.